The maximum Gasteiger partial charge on any atom is 0.283 e. The Hall–Kier alpha value is -2.66. The highest BCUT2D eigenvalue weighted by molar-refractivity contribution is 7.12. The number of piperidine rings is 1. The van der Waals surface area contributed by atoms with E-state index in [4.69, 9.17) is 4.74 Å². The second-order valence-corrected chi connectivity index (χ2v) is 8.36. The molecule has 3 aromatic rings. The fraction of sp³-hybridized carbons (Fsp3) is 0.333. The average Bonchev–Trinajstić information content (AvgIpc) is 3.25. The molecule has 1 aromatic heterocycles. The third-order valence-corrected chi connectivity index (χ3v) is 6.22. The van der Waals surface area contributed by atoms with Crippen molar-refractivity contribution in [2.24, 2.45) is 0 Å². The molecule has 1 amide bonds. The molecule has 0 radical (unpaired) electrons. The molecule has 1 unspecified atom stereocenters. The molecule has 0 spiro atoms. The van der Waals surface area contributed by atoms with E-state index in [1.54, 1.807) is 0 Å². The van der Waals surface area contributed by atoms with E-state index < -0.39 is 0 Å². The first-order chi connectivity index (χ1) is 14.2. The van der Waals surface area contributed by atoms with Gasteiger partial charge in [-0.3, -0.25) is 4.79 Å². The zero-order chi connectivity index (χ0) is 20.1. The van der Waals surface area contributed by atoms with Crippen molar-refractivity contribution in [3.8, 4) is 17.0 Å². The van der Waals surface area contributed by atoms with Crippen LogP contribution in [0.15, 0.2) is 60.0 Å². The van der Waals surface area contributed by atoms with E-state index in [0.29, 0.717) is 11.6 Å². The molecule has 5 heteroatoms. The van der Waals surface area contributed by atoms with Crippen LogP contribution in [0.3, 0.4) is 0 Å². The number of aromatic nitrogens is 1. The minimum Gasteiger partial charge on any atom is -0.494 e. The molecule has 0 bridgehead atoms. The van der Waals surface area contributed by atoms with Gasteiger partial charge >= 0.3 is 0 Å². The molecule has 150 valence electrons. The Kier molecular flexibility index (Phi) is 6.25. The lowest BCUT2D eigenvalue weighted by molar-refractivity contribution is 0.0580. The van der Waals surface area contributed by atoms with Crippen LogP contribution < -0.4 is 4.74 Å². The molecule has 0 N–H and O–H groups in total. The van der Waals surface area contributed by atoms with Crippen molar-refractivity contribution in [3.63, 3.8) is 0 Å². The van der Waals surface area contributed by atoms with E-state index >= 15 is 0 Å². The lowest BCUT2D eigenvalue weighted by Crippen LogP contribution is -2.44. The van der Waals surface area contributed by atoms with Crippen LogP contribution in [0.25, 0.3) is 11.3 Å². The molecule has 1 saturated heterocycles. The number of hydrogen-bond donors (Lipinski definition) is 0. The molecule has 1 aliphatic heterocycles. The maximum absolute atomic E-state index is 13.2. The second-order valence-electron chi connectivity index (χ2n) is 7.50. The summed E-state index contributed by atoms with van der Waals surface area (Å²) in [5, 5.41) is 2.56. The predicted molar refractivity (Wildman–Crippen MR) is 118 cm³/mol. The number of nitrogens with zero attached hydrogens (tertiary/aromatic N) is 2. The summed E-state index contributed by atoms with van der Waals surface area (Å²) in [6.07, 6.45) is 4.08. The van der Waals surface area contributed by atoms with Crippen molar-refractivity contribution >= 4 is 17.2 Å². The summed E-state index contributed by atoms with van der Waals surface area (Å²) in [5.74, 6) is 0.932. The highest BCUT2D eigenvalue weighted by Crippen LogP contribution is 2.27. The molecule has 0 aliphatic carbocycles. The van der Waals surface area contributed by atoms with Gasteiger partial charge in [-0.25, -0.2) is 4.98 Å². The standard InChI is InChI=1S/C24H26N2O2S/c1-18-10-12-19(13-11-18)22-17-29-23(25-22)24(27)26-15-6-5-7-20(26)14-16-28-21-8-3-2-4-9-21/h2-4,8-13,17,20H,5-7,14-16H2,1H3. The zero-order valence-electron chi connectivity index (χ0n) is 16.7. The van der Waals surface area contributed by atoms with Gasteiger partial charge in [0.05, 0.1) is 12.3 Å². The van der Waals surface area contributed by atoms with E-state index in [1.807, 2.05) is 40.6 Å². The number of rotatable bonds is 6. The lowest BCUT2D eigenvalue weighted by atomic mass is 9.99. The van der Waals surface area contributed by atoms with Gasteiger partial charge < -0.3 is 9.64 Å². The van der Waals surface area contributed by atoms with E-state index in [1.165, 1.54) is 16.9 Å². The summed E-state index contributed by atoms with van der Waals surface area (Å²) in [6.45, 7) is 3.48. The van der Waals surface area contributed by atoms with Crippen LogP contribution in [-0.4, -0.2) is 35.0 Å². The van der Waals surface area contributed by atoms with Crippen LogP contribution in [0, 0.1) is 6.92 Å². The third kappa shape index (κ3) is 4.85. The number of carbonyl (C=O) groups is 1. The number of ether oxygens (including phenoxy) is 1. The summed E-state index contributed by atoms with van der Waals surface area (Å²) in [5.41, 5.74) is 3.14. The number of carbonyl (C=O) groups excluding carboxylic acids is 1. The van der Waals surface area contributed by atoms with E-state index in [-0.39, 0.29) is 11.9 Å². The molecule has 2 aromatic carbocycles. The minimum atomic E-state index is 0.0535. The van der Waals surface area contributed by atoms with Gasteiger partial charge in [0, 0.05) is 30.0 Å². The van der Waals surface area contributed by atoms with Crippen molar-refractivity contribution in [2.75, 3.05) is 13.2 Å². The van der Waals surface area contributed by atoms with Crippen molar-refractivity contribution in [2.45, 2.75) is 38.6 Å². The number of hydrogen-bond acceptors (Lipinski definition) is 4. The summed E-state index contributed by atoms with van der Waals surface area (Å²) < 4.78 is 5.86. The molecule has 29 heavy (non-hydrogen) atoms. The lowest BCUT2D eigenvalue weighted by Gasteiger charge is -2.35. The van der Waals surface area contributed by atoms with E-state index in [2.05, 4.69) is 36.2 Å². The average molecular weight is 407 g/mol. The number of benzene rings is 2. The molecule has 1 atom stereocenters. The Labute approximate surface area is 176 Å². The van der Waals surface area contributed by atoms with Gasteiger partial charge in [-0.2, -0.15) is 0 Å². The Bertz CT molecular complexity index is 937. The monoisotopic (exact) mass is 406 g/mol. The molecular formula is C24H26N2O2S. The molecule has 1 fully saturated rings. The Balaban J connectivity index is 1.41. The van der Waals surface area contributed by atoms with E-state index in [0.717, 1.165) is 49.2 Å². The highest BCUT2D eigenvalue weighted by Gasteiger charge is 2.29. The number of amides is 1. The smallest absolute Gasteiger partial charge is 0.283 e. The van der Waals surface area contributed by atoms with Crippen LogP contribution in [-0.2, 0) is 0 Å². The number of likely N-dealkylation sites (tertiary alicyclic amines) is 1. The van der Waals surface area contributed by atoms with Crippen LogP contribution >= 0.6 is 11.3 Å². The molecule has 4 rings (SSSR count). The van der Waals surface area contributed by atoms with Gasteiger partial charge in [-0.15, -0.1) is 11.3 Å². The largest absolute Gasteiger partial charge is 0.494 e. The second kappa shape index (κ2) is 9.23. The summed E-state index contributed by atoms with van der Waals surface area (Å²) in [4.78, 5) is 19.8. The number of aryl methyl sites for hydroxylation is 1. The van der Waals surface area contributed by atoms with Gasteiger partial charge in [-0.05, 0) is 38.3 Å². The SMILES string of the molecule is Cc1ccc(-c2csc(C(=O)N3CCCCC3CCOc3ccccc3)n2)cc1. The summed E-state index contributed by atoms with van der Waals surface area (Å²) in [6, 6.07) is 18.3. The number of para-hydroxylation sites is 1. The van der Waals surface area contributed by atoms with Gasteiger partial charge in [0.15, 0.2) is 5.01 Å². The molecule has 2 heterocycles. The Morgan fingerprint density at radius 2 is 1.93 bits per heavy atom. The number of thiazole rings is 1. The quantitative estimate of drug-likeness (QED) is 0.536. The van der Waals surface area contributed by atoms with Crippen molar-refractivity contribution in [3.05, 3.63) is 70.5 Å². The van der Waals surface area contributed by atoms with Crippen LogP contribution in [0.2, 0.25) is 0 Å². The minimum absolute atomic E-state index is 0.0535. The first-order valence-corrected chi connectivity index (χ1v) is 11.1. The summed E-state index contributed by atoms with van der Waals surface area (Å²) in [7, 11) is 0. The molecule has 0 saturated carbocycles. The zero-order valence-corrected chi connectivity index (χ0v) is 17.5. The van der Waals surface area contributed by atoms with Gasteiger partial charge in [0.1, 0.15) is 5.75 Å². The normalized spacial score (nSPS) is 16.6. The highest BCUT2D eigenvalue weighted by atomic mass is 32.1. The van der Waals surface area contributed by atoms with Crippen molar-refractivity contribution in [1.82, 2.24) is 9.88 Å². The molecule has 1 aliphatic rings. The fourth-order valence-electron chi connectivity index (χ4n) is 3.75. The molecule has 4 nitrogen and oxygen atoms in total. The van der Waals surface area contributed by atoms with Crippen LogP contribution in [0.1, 0.15) is 41.0 Å². The van der Waals surface area contributed by atoms with E-state index in [9.17, 15) is 4.79 Å². The van der Waals surface area contributed by atoms with Gasteiger partial charge in [-0.1, -0.05) is 48.0 Å². The Morgan fingerprint density at radius 1 is 1.14 bits per heavy atom. The Morgan fingerprint density at radius 3 is 2.72 bits per heavy atom. The van der Waals surface area contributed by atoms with Crippen molar-refractivity contribution in [1.29, 1.82) is 0 Å². The van der Waals surface area contributed by atoms with Crippen LogP contribution in [0.4, 0.5) is 0 Å². The third-order valence-electron chi connectivity index (χ3n) is 5.39. The summed E-state index contributed by atoms with van der Waals surface area (Å²) >= 11 is 1.44. The predicted octanol–water partition coefficient (Wildman–Crippen LogP) is 5.58. The fourth-order valence-corrected chi connectivity index (χ4v) is 4.53. The van der Waals surface area contributed by atoms with Crippen molar-refractivity contribution < 1.29 is 9.53 Å². The maximum atomic E-state index is 13.2. The topological polar surface area (TPSA) is 42.4 Å². The first-order valence-electron chi connectivity index (χ1n) is 10.2. The van der Waals surface area contributed by atoms with Crippen LogP contribution in [0.5, 0.6) is 5.75 Å². The molecular weight excluding hydrogens is 380 g/mol. The van der Waals surface area contributed by atoms with Gasteiger partial charge in [0.2, 0.25) is 0 Å². The van der Waals surface area contributed by atoms with Gasteiger partial charge in [0.25, 0.3) is 5.91 Å². The first kappa shape index (κ1) is 19.6.